The summed E-state index contributed by atoms with van der Waals surface area (Å²) in [5, 5.41) is 20.1. The zero-order valence-corrected chi connectivity index (χ0v) is 10.2. The number of aromatic carboxylic acids is 1. The van der Waals surface area contributed by atoms with E-state index in [2.05, 4.69) is 5.32 Å². The van der Waals surface area contributed by atoms with Gasteiger partial charge in [-0.05, 0) is 18.2 Å². The number of carbonyl (C=O) groups excluding carboxylic acids is 1. The van der Waals surface area contributed by atoms with Gasteiger partial charge in [-0.2, -0.15) is 13.2 Å². The molecule has 20 heavy (non-hydrogen) atoms. The van der Waals surface area contributed by atoms with Gasteiger partial charge in [-0.25, -0.2) is 9.59 Å². The molecular formula is C11H11F3N2O4. The highest BCUT2D eigenvalue weighted by atomic mass is 19.4. The first kappa shape index (κ1) is 15.6. The lowest BCUT2D eigenvalue weighted by Crippen LogP contribution is -2.38. The molecule has 0 aliphatic carbocycles. The van der Waals surface area contributed by atoms with Gasteiger partial charge in [0, 0.05) is 12.7 Å². The minimum atomic E-state index is -4.53. The van der Waals surface area contributed by atoms with Crippen LogP contribution < -0.4 is 5.32 Å². The van der Waals surface area contributed by atoms with Crippen LogP contribution in [-0.2, 0) is 0 Å². The summed E-state index contributed by atoms with van der Waals surface area (Å²) in [6, 6.07) is 2.07. The van der Waals surface area contributed by atoms with Crippen LogP contribution in [0.5, 0.6) is 5.75 Å². The Hall–Kier alpha value is -2.45. The Morgan fingerprint density at radius 3 is 2.45 bits per heavy atom. The summed E-state index contributed by atoms with van der Waals surface area (Å²) in [4.78, 5) is 22.6. The minimum Gasteiger partial charge on any atom is -0.507 e. The third kappa shape index (κ3) is 4.34. The van der Waals surface area contributed by atoms with Crippen molar-refractivity contribution in [3.05, 3.63) is 23.8 Å². The highest BCUT2D eigenvalue weighted by Crippen LogP contribution is 2.22. The largest absolute Gasteiger partial charge is 0.507 e. The van der Waals surface area contributed by atoms with Crippen molar-refractivity contribution < 1.29 is 33.0 Å². The van der Waals surface area contributed by atoms with Crippen molar-refractivity contribution in [2.45, 2.75) is 6.18 Å². The van der Waals surface area contributed by atoms with Crippen LogP contribution in [0, 0.1) is 0 Å². The summed E-state index contributed by atoms with van der Waals surface area (Å²) in [7, 11) is 0.946. The van der Waals surface area contributed by atoms with Gasteiger partial charge in [-0.3, -0.25) is 0 Å². The number of phenols is 1. The number of hydrogen-bond donors (Lipinski definition) is 3. The maximum atomic E-state index is 12.1. The van der Waals surface area contributed by atoms with Gasteiger partial charge in [0.05, 0.1) is 0 Å². The van der Waals surface area contributed by atoms with E-state index >= 15 is 0 Å². The van der Waals surface area contributed by atoms with Crippen molar-refractivity contribution >= 4 is 17.7 Å². The molecule has 0 aliphatic heterocycles. The molecule has 0 atom stereocenters. The lowest BCUT2D eigenvalue weighted by Gasteiger charge is -2.19. The molecule has 110 valence electrons. The number of nitrogens with one attached hydrogen (secondary N) is 1. The number of carbonyl (C=O) groups is 2. The van der Waals surface area contributed by atoms with Gasteiger partial charge in [0.2, 0.25) is 0 Å². The quantitative estimate of drug-likeness (QED) is 0.744. The van der Waals surface area contributed by atoms with Crippen LogP contribution in [0.15, 0.2) is 18.2 Å². The fourth-order valence-corrected chi connectivity index (χ4v) is 1.34. The number of aromatic hydroxyl groups is 1. The van der Waals surface area contributed by atoms with E-state index in [1.54, 1.807) is 0 Å². The van der Waals surface area contributed by atoms with Crippen molar-refractivity contribution in [1.82, 2.24) is 4.90 Å². The third-order valence-corrected chi connectivity index (χ3v) is 2.24. The molecule has 0 aliphatic rings. The van der Waals surface area contributed by atoms with Gasteiger partial charge < -0.3 is 20.4 Å². The van der Waals surface area contributed by atoms with Crippen LogP contribution in [0.3, 0.4) is 0 Å². The number of nitrogens with zero attached hydrogens (tertiary/aromatic N) is 1. The number of carboxylic acid groups (broad SMARTS) is 1. The van der Waals surface area contributed by atoms with Gasteiger partial charge in [0.1, 0.15) is 17.9 Å². The maximum Gasteiger partial charge on any atom is 0.406 e. The first-order valence-corrected chi connectivity index (χ1v) is 5.25. The molecule has 0 saturated carbocycles. The highest BCUT2D eigenvalue weighted by Gasteiger charge is 2.31. The first-order valence-electron chi connectivity index (χ1n) is 5.25. The predicted molar refractivity (Wildman–Crippen MR) is 62.8 cm³/mol. The van der Waals surface area contributed by atoms with Crippen LogP contribution in [0.2, 0.25) is 0 Å². The number of alkyl halides is 3. The van der Waals surface area contributed by atoms with Crippen molar-refractivity contribution in [3.8, 4) is 5.75 Å². The summed E-state index contributed by atoms with van der Waals surface area (Å²) in [5.41, 5.74) is -0.513. The summed E-state index contributed by atoms with van der Waals surface area (Å²) in [5.74, 6) is -1.94. The normalized spacial score (nSPS) is 11.0. The molecule has 0 spiro atoms. The molecule has 0 aromatic heterocycles. The molecule has 2 amide bonds. The van der Waals surface area contributed by atoms with E-state index in [9.17, 15) is 27.9 Å². The third-order valence-electron chi connectivity index (χ3n) is 2.24. The van der Waals surface area contributed by atoms with Crippen LogP contribution in [0.25, 0.3) is 0 Å². The number of urea groups is 1. The first-order chi connectivity index (χ1) is 9.10. The number of carboxylic acids is 1. The fourth-order valence-electron chi connectivity index (χ4n) is 1.34. The number of hydrogen-bond acceptors (Lipinski definition) is 3. The second-order valence-electron chi connectivity index (χ2n) is 3.94. The minimum absolute atomic E-state index is 0.0424. The monoisotopic (exact) mass is 292 g/mol. The van der Waals surface area contributed by atoms with Gasteiger partial charge >= 0.3 is 18.2 Å². The Kier molecular flexibility index (Phi) is 4.43. The standard InChI is InChI=1S/C11H11F3N2O4/c1-16(5-11(12,13)14)10(20)15-6-2-3-8(17)7(4-6)9(18)19/h2-4,17H,5H2,1H3,(H,15,20)(H,18,19). The van der Waals surface area contributed by atoms with E-state index in [-0.39, 0.29) is 5.69 Å². The molecule has 6 nitrogen and oxygen atoms in total. The number of amides is 2. The highest BCUT2D eigenvalue weighted by molar-refractivity contribution is 5.95. The Labute approximate surface area is 111 Å². The lowest BCUT2D eigenvalue weighted by molar-refractivity contribution is -0.137. The lowest BCUT2D eigenvalue weighted by atomic mass is 10.2. The second-order valence-corrected chi connectivity index (χ2v) is 3.94. The summed E-state index contributed by atoms with van der Waals surface area (Å²) in [6.07, 6.45) is -4.53. The van der Waals surface area contributed by atoms with Gasteiger partial charge in [-0.15, -0.1) is 0 Å². The predicted octanol–water partition coefficient (Wildman–Crippen LogP) is 2.12. The van der Waals surface area contributed by atoms with Crippen LogP contribution in [-0.4, -0.2) is 46.9 Å². The molecule has 3 N–H and O–H groups in total. The van der Waals surface area contributed by atoms with Crippen molar-refractivity contribution in [1.29, 1.82) is 0 Å². The number of halogens is 3. The van der Waals surface area contributed by atoms with Crippen molar-refractivity contribution in [3.63, 3.8) is 0 Å². The number of benzene rings is 1. The zero-order valence-electron chi connectivity index (χ0n) is 10.2. The van der Waals surface area contributed by atoms with Crippen molar-refractivity contribution in [2.75, 3.05) is 18.9 Å². The number of rotatable bonds is 3. The van der Waals surface area contributed by atoms with E-state index in [4.69, 9.17) is 5.11 Å². The van der Waals surface area contributed by atoms with Crippen LogP contribution in [0.1, 0.15) is 10.4 Å². The van der Waals surface area contributed by atoms with E-state index in [1.165, 1.54) is 6.07 Å². The molecule has 9 heteroatoms. The van der Waals surface area contributed by atoms with Gasteiger partial charge in [-0.1, -0.05) is 0 Å². The second kappa shape index (κ2) is 5.68. The molecule has 0 bridgehead atoms. The van der Waals surface area contributed by atoms with E-state index in [0.29, 0.717) is 4.90 Å². The number of anilines is 1. The molecule has 0 saturated heterocycles. The Bertz CT molecular complexity index is 531. The molecule has 1 aromatic carbocycles. The topological polar surface area (TPSA) is 89.9 Å². The van der Waals surface area contributed by atoms with Gasteiger partial charge in [0.25, 0.3) is 0 Å². The van der Waals surface area contributed by atoms with Crippen LogP contribution in [0.4, 0.5) is 23.7 Å². The zero-order chi connectivity index (χ0) is 15.5. The molecular weight excluding hydrogens is 281 g/mol. The average molecular weight is 292 g/mol. The molecule has 0 heterocycles. The van der Waals surface area contributed by atoms with E-state index in [0.717, 1.165) is 19.2 Å². The summed E-state index contributed by atoms with van der Waals surface area (Å²) >= 11 is 0. The molecule has 0 unspecified atom stereocenters. The van der Waals surface area contributed by atoms with Crippen LogP contribution >= 0.6 is 0 Å². The molecule has 1 aromatic rings. The molecule has 1 rings (SSSR count). The maximum absolute atomic E-state index is 12.1. The average Bonchev–Trinajstić information content (AvgIpc) is 2.28. The van der Waals surface area contributed by atoms with Crippen molar-refractivity contribution in [2.24, 2.45) is 0 Å². The van der Waals surface area contributed by atoms with Gasteiger partial charge in [0.15, 0.2) is 0 Å². The van der Waals surface area contributed by atoms with E-state index in [1.807, 2.05) is 0 Å². The smallest absolute Gasteiger partial charge is 0.406 e. The Morgan fingerprint density at radius 2 is 1.95 bits per heavy atom. The Balaban J connectivity index is 2.81. The fraction of sp³-hybridized carbons (Fsp3) is 0.273. The summed E-state index contributed by atoms with van der Waals surface area (Å²) in [6.45, 7) is -1.44. The summed E-state index contributed by atoms with van der Waals surface area (Å²) < 4.78 is 36.3. The molecule has 0 radical (unpaired) electrons. The van der Waals surface area contributed by atoms with E-state index < -0.39 is 36.0 Å². The molecule has 0 fully saturated rings. The Morgan fingerprint density at radius 1 is 1.35 bits per heavy atom. The SMILES string of the molecule is CN(CC(F)(F)F)C(=O)Nc1ccc(O)c(C(=O)O)c1.